The van der Waals surface area contributed by atoms with Gasteiger partial charge in [0.05, 0.1) is 10.7 Å². The maximum absolute atomic E-state index is 12.6. The molecule has 1 saturated heterocycles. The summed E-state index contributed by atoms with van der Waals surface area (Å²) in [4.78, 5) is 30.6. The molecule has 1 aliphatic rings. The summed E-state index contributed by atoms with van der Waals surface area (Å²) in [5.41, 5.74) is 3.16. The van der Waals surface area contributed by atoms with Crippen LogP contribution in [-0.2, 0) is 17.9 Å². The Balaban J connectivity index is 1.34. The number of aryl methyl sites for hydroxylation is 1. The molecule has 0 radical (unpaired) electrons. The van der Waals surface area contributed by atoms with Crippen molar-refractivity contribution in [3.8, 4) is 5.75 Å². The first-order valence-corrected chi connectivity index (χ1v) is 10.8. The van der Waals surface area contributed by atoms with E-state index in [1.54, 1.807) is 35.6 Å². The Bertz CT molecular complexity index is 1050. The van der Waals surface area contributed by atoms with Crippen LogP contribution in [0.15, 0.2) is 53.9 Å². The number of carbonyl (C=O) groups excluding carboxylic acids is 2. The van der Waals surface area contributed by atoms with E-state index in [4.69, 9.17) is 4.74 Å². The number of carbonyl (C=O) groups is 2. The van der Waals surface area contributed by atoms with Crippen LogP contribution in [0, 0.1) is 6.92 Å². The third-order valence-electron chi connectivity index (χ3n) is 4.90. The zero-order valence-electron chi connectivity index (χ0n) is 16.8. The average Bonchev–Trinajstić information content (AvgIpc) is 3.35. The minimum atomic E-state index is -0.189. The van der Waals surface area contributed by atoms with E-state index in [9.17, 15) is 9.59 Å². The molecule has 2 heterocycles. The fourth-order valence-electron chi connectivity index (χ4n) is 3.38. The predicted molar refractivity (Wildman–Crippen MR) is 117 cm³/mol. The summed E-state index contributed by atoms with van der Waals surface area (Å²) in [6.07, 6.45) is 1.54. The number of nitrogens with one attached hydrogen (secondary N) is 1. The lowest BCUT2D eigenvalue weighted by Gasteiger charge is -2.16. The van der Waals surface area contributed by atoms with Gasteiger partial charge in [0.25, 0.3) is 5.91 Å². The van der Waals surface area contributed by atoms with Gasteiger partial charge in [-0.3, -0.25) is 9.59 Å². The molecule has 0 bridgehead atoms. The molecule has 1 aromatic heterocycles. The Morgan fingerprint density at radius 1 is 1.23 bits per heavy atom. The van der Waals surface area contributed by atoms with Crippen LogP contribution in [0.1, 0.15) is 39.5 Å². The SMILES string of the molecule is Cc1nc(COc2ccc(C(=O)Nc3cccc(CN4CCCC4=O)c3)cc2)cs1. The highest BCUT2D eigenvalue weighted by Crippen LogP contribution is 2.19. The van der Waals surface area contributed by atoms with Crippen LogP contribution < -0.4 is 10.1 Å². The molecule has 2 amide bonds. The standard InChI is InChI=1S/C23H23N3O3S/c1-16-24-20(15-30-16)14-29-21-9-7-18(8-10-21)23(28)25-19-5-2-4-17(12-19)13-26-11-3-6-22(26)27/h2,4-5,7-10,12,15H,3,6,11,13-14H2,1H3,(H,25,28). The summed E-state index contributed by atoms with van der Waals surface area (Å²) in [5, 5.41) is 5.91. The molecule has 6 nitrogen and oxygen atoms in total. The van der Waals surface area contributed by atoms with Crippen molar-refractivity contribution >= 4 is 28.8 Å². The van der Waals surface area contributed by atoms with E-state index in [0.717, 1.165) is 29.2 Å². The van der Waals surface area contributed by atoms with Gasteiger partial charge in [-0.2, -0.15) is 0 Å². The first-order valence-electron chi connectivity index (χ1n) is 9.89. The number of likely N-dealkylation sites (tertiary alicyclic amines) is 1. The highest BCUT2D eigenvalue weighted by molar-refractivity contribution is 7.09. The van der Waals surface area contributed by atoms with E-state index in [-0.39, 0.29) is 11.8 Å². The highest BCUT2D eigenvalue weighted by atomic mass is 32.1. The number of aromatic nitrogens is 1. The lowest BCUT2D eigenvalue weighted by Crippen LogP contribution is -2.23. The molecule has 0 atom stereocenters. The van der Waals surface area contributed by atoms with Gasteiger partial charge in [-0.15, -0.1) is 11.3 Å². The second-order valence-corrected chi connectivity index (χ2v) is 8.31. The minimum absolute atomic E-state index is 0.189. The summed E-state index contributed by atoms with van der Waals surface area (Å²) < 4.78 is 5.73. The lowest BCUT2D eigenvalue weighted by molar-refractivity contribution is -0.128. The zero-order chi connectivity index (χ0) is 20.9. The number of rotatable bonds is 7. The second kappa shape index (κ2) is 9.09. The monoisotopic (exact) mass is 421 g/mol. The molecule has 0 aliphatic carbocycles. The van der Waals surface area contributed by atoms with Gasteiger partial charge in [0, 0.05) is 36.1 Å². The molecular formula is C23H23N3O3S. The maximum atomic E-state index is 12.6. The Morgan fingerprint density at radius 2 is 2.07 bits per heavy atom. The lowest BCUT2D eigenvalue weighted by atomic mass is 10.1. The Labute approximate surface area is 179 Å². The normalized spacial score (nSPS) is 13.5. The Morgan fingerprint density at radius 3 is 2.77 bits per heavy atom. The Kier molecular flexibility index (Phi) is 6.09. The number of thiazole rings is 1. The molecule has 7 heteroatoms. The van der Waals surface area contributed by atoms with E-state index < -0.39 is 0 Å². The van der Waals surface area contributed by atoms with Crippen molar-refractivity contribution in [2.75, 3.05) is 11.9 Å². The van der Waals surface area contributed by atoms with E-state index in [0.29, 0.717) is 36.6 Å². The second-order valence-electron chi connectivity index (χ2n) is 7.24. The number of hydrogen-bond donors (Lipinski definition) is 1. The number of anilines is 1. The molecule has 1 aliphatic heterocycles. The van der Waals surface area contributed by atoms with E-state index in [2.05, 4.69) is 10.3 Å². The van der Waals surface area contributed by atoms with Crippen molar-refractivity contribution in [1.29, 1.82) is 0 Å². The number of nitrogens with zero attached hydrogens (tertiary/aromatic N) is 2. The fourth-order valence-corrected chi connectivity index (χ4v) is 3.97. The molecule has 2 aromatic carbocycles. The van der Waals surface area contributed by atoms with Gasteiger partial charge < -0.3 is 15.0 Å². The summed E-state index contributed by atoms with van der Waals surface area (Å²) in [6.45, 7) is 3.74. The van der Waals surface area contributed by atoms with Crippen LogP contribution in [0.5, 0.6) is 5.75 Å². The van der Waals surface area contributed by atoms with Crippen molar-refractivity contribution < 1.29 is 14.3 Å². The van der Waals surface area contributed by atoms with Gasteiger partial charge in [-0.1, -0.05) is 12.1 Å². The third-order valence-corrected chi connectivity index (χ3v) is 5.72. The minimum Gasteiger partial charge on any atom is -0.487 e. The molecule has 1 fully saturated rings. The summed E-state index contributed by atoms with van der Waals surface area (Å²) in [5.74, 6) is 0.692. The van der Waals surface area contributed by atoms with Gasteiger partial charge in [0.1, 0.15) is 12.4 Å². The molecule has 1 N–H and O–H groups in total. The summed E-state index contributed by atoms with van der Waals surface area (Å²) >= 11 is 1.59. The molecule has 154 valence electrons. The maximum Gasteiger partial charge on any atom is 0.255 e. The van der Waals surface area contributed by atoms with Gasteiger partial charge in [-0.05, 0) is 55.3 Å². The predicted octanol–water partition coefficient (Wildman–Crippen LogP) is 4.41. The Hall–Kier alpha value is -3.19. The molecule has 0 spiro atoms. The van der Waals surface area contributed by atoms with E-state index in [1.165, 1.54) is 0 Å². The van der Waals surface area contributed by atoms with Gasteiger partial charge >= 0.3 is 0 Å². The van der Waals surface area contributed by atoms with Gasteiger partial charge in [-0.25, -0.2) is 4.98 Å². The molecule has 3 aromatic rings. The first kappa shape index (κ1) is 20.1. The molecule has 4 rings (SSSR count). The topological polar surface area (TPSA) is 71.5 Å². The van der Waals surface area contributed by atoms with Crippen molar-refractivity contribution in [1.82, 2.24) is 9.88 Å². The van der Waals surface area contributed by atoms with E-state index >= 15 is 0 Å². The van der Waals surface area contributed by atoms with Crippen LogP contribution in [0.2, 0.25) is 0 Å². The van der Waals surface area contributed by atoms with Crippen molar-refractivity contribution in [2.24, 2.45) is 0 Å². The van der Waals surface area contributed by atoms with Crippen molar-refractivity contribution in [3.63, 3.8) is 0 Å². The largest absolute Gasteiger partial charge is 0.487 e. The third kappa shape index (κ3) is 5.04. The summed E-state index contributed by atoms with van der Waals surface area (Å²) in [6, 6.07) is 14.7. The first-order chi connectivity index (χ1) is 14.6. The van der Waals surface area contributed by atoms with Crippen LogP contribution in [0.3, 0.4) is 0 Å². The van der Waals surface area contributed by atoms with Crippen molar-refractivity contribution in [3.05, 3.63) is 75.7 Å². The van der Waals surface area contributed by atoms with Crippen molar-refractivity contribution in [2.45, 2.75) is 32.9 Å². The number of benzene rings is 2. The van der Waals surface area contributed by atoms with Gasteiger partial charge in [0.2, 0.25) is 5.91 Å². The number of ether oxygens (including phenoxy) is 1. The van der Waals surface area contributed by atoms with E-state index in [1.807, 2.05) is 41.5 Å². The van der Waals surface area contributed by atoms with Crippen LogP contribution in [0.4, 0.5) is 5.69 Å². The molecule has 0 saturated carbocycles. The highest BCUT2D eigenvalue weighted by Gasteiger charge is 2.20. The molecule has 30 heavy (non-hydrogen) atoms. The quantitative estimate of drug-likeness (QED) is 0.614. The van der Waals surface area contributed by atoms with Crippen LogP contribution in [-0.4, -0.2) is 28.2 Å². The molecular weight excluding hydrogens is 398 g/mol. The smallest absolute Gasteiger partial charge is 0.255 e. The van der Waals surface area contributed by atoms with Crippen LogP contribution in [0.25, 0.3) is 0 Å². The van der Waals surface area contributed by atoms with Gasteiger partial charge in [0.15, 0.2) is 0 Å². The van der Waals surface area contributed by atoms with Crippen LogP contribution >= 0.6 is 11.3 Å². The number of amides is 2. The summed E-state index contributed by atoms with van der Waals surface area (Å²) in [7, 11) is 0. The zero-order valence-corrected chi connectivity index (χ0v) is 17.6. The fraction of sp³-hybridized carbons (Fsp3) is 0.261. The average molecular weight is 422 g/mol. The number of hydrogen-bond acceptors (Lipinski definition) is 5. The molecule has 0 unspecified atom stereocenters.